The third-order valence-electron chi connectivity index (χ3n) is 4.83. The highest BCUT2D eigenvalue weighted by atomic mass is 16.5. The molecule has 2 N–H and O–H groups in total. The van der Waals surface area contributed by atoms with E-state index < -0.39 is 17.3 Å². The van der Waals surface area contributed by atoms with Crippen LogP contribution in [0.15, 0.2) is 48.5 Å². The van der Waals surface area contributed by atoms with Gasteiger partial charge in [-0.05, 0) is 31.0 Å². The van der Waals surface area contributed by atoms with E-state index in [0.717, 1.165) is 5.56 Å². The molecule has 146 valence electrons. The van der Waals surface area contributed by atoms with Crippen LogP contribution in [-0.4, -0.2) is 32.0 Å². The lowest BCUT2D eigenvalue weighted by Crippen LogP contribution is -2.39. The highest BCUT2D eigenvalue weighted by Crippen LogP contribution is 2.47. The fourth-order valence-corrected chi connectivity index (χ4v) is 3.00. The summed E-state index contributed by atoms with van der Waals surface area (Å²) >= 11 is 0. The van der Waals surface area contributed by atoms with Crippen LogP contribution in [0.25, 0.3) is 0 Å². The van der Waals surface area contributed by atoms with Gasteiger partial charge in [-0.1, -0.05) is 30.3 Å². The van der Waals surface area contributed by atoms with E-state index >= 15 is 0 Å². The van der Waals surface area contributed by atoms with Crippen molar-refractivity contribution in [3.63, 3.8) is 0 Å². The van der Waals surface area contributed by atoms with E-state index in [2.05, 4.69) is 10.6 Å². The lowest BCUT2D eigenvalue weighted by atomic mass is 10.0. The molecule has 2 amide bonds. The van der Waals surface area contributed by atoms with Gasteiger partial charge in [-0.25, -0.2) is 4.79 Å². The van der Waals surface area contributed by atoms with Crippen molar-refractivity contribution in [3.8, 4) is 5.75 Å². The fraction of sp³-hybridized carbons (Fsp3) is 0.286. The van der Waals surface area contributed by atoms with Crippen LogP contribution in [0.5, 0.6) is 5.75 Å². The van der Waals surface area contributed by atoms with Crippen molar-refractivity contribution in [2.45, 2.75) is 19.4 Å². The summed E-state index contributed by atoms with van der Waals surface area (Å²) < 4.78 is 10.0. The summed E-state index contributed by atoms with van der Waals surface area (Å²) in [7, 11) is 2.84. The van der Waals surface area contributed by atoms with E-state index in [1.807, 2.05) is 24.3 Å². The van der Waals surface area contributed by atoms with Crippen molar-refractivity contribution in [2.24, 2.45) is 5.41 Å². The zero-order chi connectivity index (χ0) is 20.1. The van der Waals surface area contributed by atoms with Crippen LogP contribution >= 0.6 is 0 Å². The van der Waals surface area contributed by atoms with Crippen LogP contribution in [0.2, 0.25) is 0 Å². The summed E-state index contributed by atoms with van der Waals surface area (Å²) in [5.74, 6) is -0.654. The summed E-state index contributed by atoms with van der Waals surface area (Å²) in [6.45, 7) is 0.261. The Morgan fingerprint density at radius 2 is 1.64 bits per heavy atom. The smallest absolute Gasteiger partial charge is 0.339 e. The maximum Gasteiger partial charge on any atom is 0.339 e. The van der Waals surface area contributed by atoms with Gasteiger partial charge >= 0.3 is 5.97 Å². The summed E-state index contributed by atoms with van der Waals surface area (Å²) in [6.07, 6.45) is 0.911. The Kier molecular flexibility index (Phi) is 5.63. The molecule has 7 nitrogen and oxygen atoms in total. The Balaban J connectivity index is 1.69. The fourth-order valence-electron chi connectivity index (χ4n) is 3.00. The largest absolute Gasteiger partial charge is 0.496 e. The molecule has 2 aromatic rings. The lowest BCUT2D eigenvalue weighted by Gasteiger charge is -2.17. The summed E-state index contributed by atoms with van der Waals surface area (Å²) in [5.41, 5.74) is 0.267. The number of esters is 1. The minimum Gasteiger partial charge on any atom is -0.496 e. The van der Waals surface area contributed by atoms with E-state index in [1.165, 1.54) is 7.11 Å². The monoisotopic (exact) mass is 382 g/mol. The van der Waals surface area contributed by atoms with Gasteiger partial charge < -0.3 is 20.1 Å². The van der Waals surface area contributed by atoms with Crippen molar-refractivity contribution in [2.75, 3.05) is 19.5 Å². The van der Waals surface area contributed by atoms with E-state index in [1.54, 1.807) is 31.4 Å². The Hall–Kier alpha value is -3.35. The minimum absolute atomic E-state index is 0.239. The number of amides is 2. The van der Waals surface area contributed by atoms with Crippen LogP contribution in [-0.2, 0) is 20.9 Å². The van der Waals surface area contributed by atoms with E-state index in [-0.39, 0.29) is 18.0 Å². The van der Waals surface area contributed by atoms with Crippen molar-refractivity contribution >= 4 is 23.5 Å². The van der Waals surface area contributed by atoms with Gasteiger partial charge in [0.2, 0.25) is 11.8 Å². The van der Waals surface area contributed by atoms with Crippen LogP contribution in [0.4, 0.5) is 5.69 Å². The number of ether oxygens (including phenoxy) is 2. The van der Waals surface area contributed by atoms with Crippen LogP contribution < -0.4 is 15.4 Å². The summed E-state index contributed by atoms with van der Waals surface area (Å²) in [4.78, 5) is 37.4. The third-order valence-corrected chi connectivity index (χ3v) is 4.83. The summed E-state index contributed by atoms with van der Waals surface area (Å²) in [5, 5.41) is 5.53. The SMILES string of the molecule is COC(=O)c1ccccc1NC(=O)C1(C(=O)NCc2ccccc2OC)CC1. The van der Waals surface area contributed by atoms with Gasteiger partial charge in [-0.2, -0.15) is 0 Å². The Bertz CT molecular complexity index is 905. The van der Waals surface area contributed by atoms with Gasteiger partial charge in [-0.3, -0.25) is 9.59 Å². The molecule has 7 heteroatoms. The molecule has 0 saturated heterocycles. The van der Waals surface area contributed by atoms with Gasteiger partial charge in [0.05, 0.1) is 25.5 Å². The predicted molar refractivity (Wildman–Crippen MR) is 103 cm³/mol. The minimum atomic E-state index is -1.12. The maximum atomic E-state index is 12.8. The molecule has 0 radical (unpaired) electrons. The Labute approximate surface area is 163 Å². The standard InChI is InChI=1S/C21H22N2O5/c1-27-17-10-6-3-7-14(17)13-22-19(25)21(11-12-21)20(26)23-16-9-5-4-8-15(16)18(24)28-2/h3-10H,11-13H2,1-2H3,(H,22,25)(H,23,26). The van der Waals surface area contributed by atoms with Crippen LogP contribution in [0, 0.1) is 5.41 Å². The molecular weight excluding hydrogens is 360 g/mol. The highest BCUT2D eigenvalue weighted by Gasteiger charge is 2.56. The number of carbonyl (C=O) groups is 3. The molecule has 0 unspecified atom stereocenters. The Morgan fingerprint density at radius 3 is 2.32 bits per heavy atom. The first kappa shape index (κ1) is 19.4. The Morgan fingerprint density at radius 1 is 0.964 bits per heavy atom. The third kappa shape index (κ3) is 3.83. The topological polar surface area (TPSA) is 93.7 Å². The summed E-state index contributed by atoms with van der Waals surface area (Å²) in [6, 6.07) is 13.9. The second-order valence-corrected chi connectivity index (χ2v) is 6.57. The van der Waals surface area contributed by atoms with Gasteiger partial charge in [-0.15, -0.1) is 0 Å². The van der Waals surface area contributed by atoms with E-state index in [0.29, 0.717) is 24.3 Å². The number of hydrogen-bond acceptors (Lipinski definition) is 5. The van der Waals surface area contributed by atoms with Crippen LogP contribution in [0.3, 0.4) is 0 Å². The van der Waals surface area contributed by atoms with Crippen molar-refractivity contribution < 1.29 is 23.9 Å². The lowest BCUT2D eigenvalue weighted by molar-refractivity contribution is -0.134. The second-order valence-electron chi connectivity index (χ2n) is 6.57. The molecule has 1 fully saturated rings. The average Bonchev–Trinajstić information content (AvgIpc) is 3.54. The van der Waals surface area contributed by atoms with E-state index in [4.69, 9.17) is 9.47 Å². The maximum absolute atomic E-state index is 12.8. The number of anilines is 1. The molecule has 0 atom stereocenters. The molecule has 28 heavy (non-hydrogen) atoms. The number of para-hydroxylation sites is 2. The van der Waals surface area contributed by atoms with Gasteiger partial charge in [0.15, 0.2) is 0 Å². The van der Waals surface area contributed by atoms with Gasteiger partial charge in [0.1, 0.15) is 11.2 Å². The first-order valence-corrected chi connectivity index (χ1v) is 8.91. The number of carbonyl (C=O) groups excluding carboxylic acids is 3. The quantitative estimate of drug-likeness (QED) is 0.567. The average molecular weight is 382 g/mol. The molecule has 0 spiro atoms. The number of rotatable bonds is 7. The molecule has 3 rings (SSSR count). The first-order valence-electron chi connectivity index (χ1n) is 8.91. The number of hydrogen-bond donors (Lipinski definition) is 2. The molecule has 1 saturated carbocycles. The number of nitrogens with one attached hydrogen (secondary N) is 2. The van der Waals surface area contributed by atoms with Gasteiger partial charge in [0.25, 0.3) is 0 Å². The second kappa shape index (κ2) is 8.12. The molecular formula is C21H22N2O5. The number of methoxy groups -OCH3 is 2. The van der Waals surface area contributed by atoms with Gasteiger partial charge in [0, 0.05) is 12.1 Å². The predicted octanol–water partition coefficient (Wildman–Crippen LogP) is 2.52. The molecule has 1 aliphatic rings. The molecule has 0 heterocycles. The number of benzene rings is 2. The first-order chi connectivity index (χ1) is 13.5. The zero-order valence-corrected chi connectivity index (χ0v) is 15.8. The normalized spacial score (nSPS) is 13.9. The van der Waals surface area contributed by atoms with Crippen LogP contribution in [0.1, 0.15) is 28.8 Å². The van der Waals surface area contributed by atoms with Crippen molar-refractivity contribution in [1.29, 1.82) is 0 Å². The molecule has 0 aliphatic heterocycles. The molecule has 2 aromatic carbocycles. The molecule has 0 aromatic heterocycles. The zero-order valence-electron chi connectivity index (χ0n) is 15.8. The molecule has 0 bridgehead atoms. The van der Waals surface area contributed by atoms with Crippen molar-refractivity contribution in [3.05, 3.63) is 59.7 Å². The van der Waals surface area contributed by atoms with Crippen molar-refractivity contribution in [1.82, 2.24) is 5.32 Å². The van der Waals surface area contributed by atoms with E-state index in [9.17, 15) is 14.4 Å². The highest BCUT2D eigenvalue weighted by molar-refractivity contribution is 6.14. The molecule has 1 aliphatic carbocycles.